The van der Waals surface area contributed by atoms with Crippen LogP contribution in [0.1, 0.15) is 33.9 Å². The van der Waals surface area contributed by atoms with Gasteiger partial charge < -0.3 is 5.11 Å². The Balaban J connectivity index is 2.49. The Morgan fingerprint density at radius 3 is 2.38 bits per heavy atom. The van der Waals surface area contributed by atoms with Crippen molar-refractivity contribution in [3.8, 4) is 0 Å². The van der Waals surface area contributed by atoms with Crippen molar-refractivity contribution in [1.29, 1.82) is 0 Å². The highest BCUT2D eigenvalue weighted by Gasteiger charge is 2.33. The molecule has 2 aromatic rings. The molecule has 0 saturated heterocycles. The van der Waals surface area contributed by atoms with Crippen LogP contribution < -0.4 is 0 Å². The molecule has 0 bridgehead atoms. The van der Waals surface area contributed by atoms with Gasteiger partial charge in [-0.2, -0.15) is 13.2 Å². The molecular weight excluding hydrogens is 345 g/mol. The fourth-order valence-corrected chi connectivity index (χ4v) is 2.65. The molecule has 1 nitrogen and oxygen atoms in total. The highest BCUT2D eigenvalue weighted by atomic mass is 79.9. The van der Waals surface area contributed by atoms with Crippen molar-refractivity contribution in [2.24, 2.45) is 0 Å². The molecule has 0 saturated carbocycles. The Hall–Kier alpha value is -1.33. The van der Waals surface area contributed by atoms with E-state index in [0.29, 0.717) is 5.56 Å². The maximum Gasteiger partial charge on any atom is 0.417 e. The molecule has 0 heterocycles. The van der Waals surface area contributed by atoms with E-state index < -0.39 is 17.8 Å². The van der Waals surface area contributed by atoms with E-state index in [1.165, 1.54) is 12.1 Å². The largest absolute Gasteiger partial charge is 0.417 e. The summed E-state index contributed by atoms with van der Waals surface area (Å²) in [6, 6.07) is 9.19. The third-order valence-corrected chi connectivity index (χ3v) is 4.24. The first-order valence-corrected chi connectivity index (χ1v) is 7.12. The van der Waals surface area contributed by atoms with E-state index in [-0.39, 0.29) is 10.0 Å². The van der Waals surface area contributed by atoms with E-state index in [2.05, 4.69) is 15.9 Å². The fraction of sp³-hybridized carbons (Fsp3) is 0.250. The zero-order valence-electron chi connectivity index (χ0n) is 11.5. The number of hydrogen-bond donors (Lipinski definition) is 1. The van der Waals surface area contributed by atoms with Gasteiger partial charge in [0.05, 0.1) is 5.56 Å². The third-order valence-electron chi connectivity index (χ3n) is 3.55. The summed E-state index contributed by atoms with van der Waals surface area (Å²) in [5, 5.41) is 10.4. The van der Waals surface area contributed by atoms with Gasteiger partial charge in [-0.3, -0.25) is 0 Å². The van der Waals surface area contributed by atoms with Crippen LogP contribution in [0.15, 0.2) is 40.9 Å². The summed E-state index contributed by atoms with van der Waals surface area (Å²) in [6.45, 7) is 3.74. The van der Waals surface area contributed by atoms with Crippen LogP contribution in [-0.2, 0) is 6.18 Å². The first-order valence-electron chi connectivity index (χ1n) is 6.32. The lowest BCUT2D eigenvalue weighted by atomic mass is 9.94. The van der Waals surface area contributed by atoms with Gasteiger partial charge in [0.15, 0.2) is 0 Å². The van der Waals surface area contributed by atoms with Crippen molar-refractivity contribution in [2.75, 3.05) is 0 Å². The lowest BCUT2D eigenvalue weighted by molar-refractivity contribution is -0.138. The number of rotatable bonds is 2. The predicted molar refractivity (Wildman–Crippen MR) is 79.1 cm³/mol. The zero-order chi connectivity index (χ0) is 15.8. The summed E-state index contributed by atoms with van der Waals surface area (Å²) >= 11 is 2.90. The Labute approximate surface area is 129 Å². The van der Waals surface area contributed by atoms with Crippen LogP contribution >= 0.6 is 15.9 Å². The first-order chi connectivity index (χ1) is 9.71. The molecule has 0 aliphatic rings. The van der Waals surface area contributed by atoms with E-state index in [1.807, 2.05) is 19.9 Å². The van der Waals surface area contributed by atoms with E-state index in [1.54, 1.807) is 12.1 Å². The van der Waals surface area contributed by atoms with Crippen LogP contribution in [0.5, 0.6) is 0 Å². The summed E-state index contributed by atoms with van der Waals surface area (Å²) in [6.07, 6.45) is -5.55. The Bertz CT molecular complexity index is 665. The lowest BCUT2D eigenvalue weighted by Crippen LogP contribution is -2.09. The number of alkyl halides is 3. The zero-order valence-corrected chi connectivity index (χ0v) is 13.1. The molecule has 2 aromatic carbocycles. The summed E-state index contributed by atoms with van der Waals surface area (Å²) in [4.78, 5) is 0. The van der Waals surface area contributed by atoms with Gasteiger partial charge in [-0.15, -0.1) is 0 Å². The van der Waals surface area contributed by atoms with E-state index >= 15 is 0 Å². The Morgan fingerprint density at radius 1 is 1.10 bits per heavy atom. The summed E-state index contributed by atoms with van der Waals surface area (Å²) in [5.74, 6) is 0. The van der Waals surface area contributed by atoms with Gasteiger partial charge in [0.25, 0.3) is 0 Å². The minimum atomic E-state index is -4.46. The van der Waals surface area contributed by atoms with E-state index in [9.17, 15) is 18.3 Å². The molecular formula is C16H14BrF3O. The van der Waals surface area contributed by atoms with E-state index in [0.717, 1.165) is 17.2 Å². The SMILES string of the molecule is Cc1cccc(C(O)c2ccc(Br)c(C(F)(F)F)c2)c1C. The predicted octanol–water partition coefficient (Wildman–Crippen LogP) is 5.17. The summed E-state index contributed by atoms with van der Waals surface area (Å²) in [7, 11) is 0. The van der Waals surface area contributed by atoms with Crippen molar-refractivity contribution in [3.63, 3.8) is 0 Å². The third kappa shape index (κ3) is 3.30. The molecule has 0 aliphatic carbocycles. The van der Waals surface area contributed by atoms with Crippen molar-refractivity contribution in [2.45, 2.75) is 26.1 Å². The monoisotopic (exact) mass is 358 g/mol. The van der Waals surface area contributed by atoms with Crippen LogP contribution in [0.2, 0.25) is 0 Å². The number of benzene rings is 2. The van der Waals surface area contributed by atoms with Gasteiger partial charge in [0, 0.05) is 4.47 Å². The normalized spacial score (nSPS) is 13.3. The minimum Gasteiger partial charge on any atom is -0.384 e. The topological polar surface area (TPSA) is 20.2 Å². The number of aliphatic hydroxyl groups excluding tert-OH is 1. The van der Waals surface area contributed by atoms with Crippen molar-refractivity contribution < 1.29 is 18.3 Å². The van der Waals surface area contributed by atoms with Crippen LogP contribution in [0.4, 0.5) is 13.2 Å². The van der Waals surface area contributed by atoms with Gasteiger partial charge in [0.2, 0.25) is 0 Å². The van der Waals surface area contributed by atoms with Gasteiger partial charge in [-0.05, 0) is 48.2 Å². The van der Waals surface area contributed by atoms with Gasteiger partial charge in [0.1, 0.15) is 6.10 Å². The maximum atomic E-state index is 12.9. The number of halogens is 4. The minimum absolute atomic E-state index is 0.0353. The number of aryl methyl sites for hydroxylation is 1. The van der Waals surface area contributed by atoms with Gasteiger partial charge in [-0.25, -0.2) is 0 Å². The standard InChI is InChI=1S/C16H14BrF3O/c1-9-4-3-5-12(10(9)2)15(21)11-6-7-14(17)13(8-11)16(18,19)20/h3-8,15,21H,1-2H3. The lowest BCUT2D eigenvalue weighted by Gasteiger charge is -2.18. The Morgan fingerprint density at radius 2 is 1.76 bits per heavy atom. The highest BCUT2D eigenvalue weighted by molar-refractivity contribution is 9.10. The first kappa shape index (κ1) is 16.0. The number of aliphatic hydroxyl groups is 1. The molecule has 1 N–H and O–H groups in total. The molecule has 0 amide bonds. The average Bonchev–Trinajstić information content (AvgIpc) is 2.40. The van der Waals surface area contributed by atoms with Crippen LogP contribution in [0.3, 0.4) is 0 Å². The second-order valence-electron chi connectivity index (χ2n) is 4.93. The molecule has 112 valence electrons. The van der Waals surface area contributed by atoms with Crippen molar-refractivity contribution in [1.82, 2.24) is 0 Å². The fourth-order valence-electron chi connectivity index (χ4n) is 2.18. The van der Waals surface area contributed by atoms with Gasteiger partial charge in [-0.1, -0.05) is 40.2 Å². The summed E-state index contributed by atoms with van der Waals surface area (Å²) < 4.78 is 38.7. The average molecular weight is 359 g/mol. The second kappa shape index (κ2) is 5.81. The molecule has 0 aromatic heterocycles. The van der Waals surface area contributed by atoms with E-state index in [4.69, 9.17) is 0 Å². The molecule has 0 radical (unpaired) electrons. The quantitative estimate of drug-likeness (QED) is 0.785. The molecule has 21 heavy (non-hydrogen) atoms. The molecule has 0 aliphatic heterocycles. The Kier molecular flexibility index (Phi) is 4.44. The molecule has 2 rings (SSSR count). The molecule has 1 atom stereocenters. The van der Waals surface area contributed by atoms with Crippen LogP contribution in [0.25, 0.3) is 0 Å². The highest BCUT2D eigenvalue weighted by Crippen LogP contribution is 2.37. The number of hydrogen-bond acceptors (Lipinski definition) is 1. The maximum absolute atomic E-state index is 12.9. The van der Waals surface area contributed by atoms with Crippen LogP contribution in [-0.4, -0.2) is 5.11 Å². The van der Waals surface area contributed by atoms with Crippen molar-refractivity contribution in [3.05, 3.63) is 68.7 Å². The van der Waals surface area contributed by atoms with Crippen LogP contribution in [0, 0.1) is 13.8 Å². The van der Waals surface area contributed by atoms with Gasteiger partial charge >= 0.3 is 6.18 Å². The molecule has 0 spiro atoms. The second-order valence-corrected chi connectivity index (χ2v) is 5.78. The van der Waals surface area contributed by atoms with Crippen molar-refractivity contribution >= 4 is 15.9 Å². The molecule has 1 unspecified atom stereocenters. The molecule has 0 fully saturated rings. The summed E-state index contributed by atoms with van der Waals surface area (Å²) in [5.41, 5.74) is 1.91. The smallest absolute Gasteiger partial charge is 0.384 e. The molecule has 5 heteroatoms.